The molecule has 0 spiro atoms. The normalized spacial score (nSPS) is 17.6. The van der Waals surface area contributed by atoms with E-state index >= 15 is 0 Å². The van der Waals surface area contributed by atoms with Gasteiger partial charge in [0.25, 0.3) is 17.4 Å². The number of ether oxygens (including phenoxy) is 1. The highest BCUT2D eigenvalue weighted by atomic mass is 16.6. The molecule has 33 heavy (non-hydrogen) atoms. The van der Waals surface area contributed by atoms with Gasteiger partial charge in [0.05, 0.1) is 16.5 Å². The molecule has 1 heterocycles. The number of aliphatic hydroxyl groups is 1. The summed E-state index contributed by atoms with van der Waals surface area (Å²) in [5.41, 5.74) is 0.477. The van der Waals surface area contributed by atoms with Crippen LogP contribution in [0.1, 0.15) is 23.6 Å². The molecule has 0 aromatic heterocycles. The number of carbonyl (C=O) groups is 2. The first-order chi connectivity index (χ1) is 15.9. The van der Waals surface area contributed by atoms with Crippen LogP contribution in [0.25, 0.3) is 16.5 Å². The Bertz CT molecular complexity index is 1280. The van der Waals surface area contributed by atoms with E-state index in [4.69, 9.17) is 4.74 Å². The van der Waals surface area contributed by atoms with Crippen molar-refractivity contribution in [1.82, 2.24) is 4.90 Å². The second kappa shape index (κ2) is 9.22. The van der Waals surface area contributed by atoms with Crippen LogP contribution in [0, 0.1) is 10.1 Å². The second-order valence-electron chi connectivity index (χ2n) is 7.71. The van der Waals surface area contributed by atoms with Crippen LogP contribution in [0.5, 0.6) is 0 Å². The third-order valence-corrected chi connectivity index (χ3v) is 5.74. The first kappa shape index (κ1) is 22.2. The number of methoxy groups -OCH3 is 1. The average Bonchev–Trinajstić information content (AvgIpc) is 3.08. The number of fused-ring (bicyclic) bond motifs is 1. The fourth-order valence-corrected chi connectivity index (χ4v) is 4.22. The van der Waals surface area contributed by atoms with Crippen LogP contribution in [0.2, 0.25) is 0 Å². The summed E-state index contributed by atoms with van der Waals surface area (Å²) in [7, 11) is 1.55. The van der Waals surface area contributed by atoms with E-state index in [1.165, 1.54) is 29.2 Å². The number of nitrogens with zero attached hydrogens (tertiary/aromatic N) is 2. The van der Waals surface area contributed by atoms with Crippen molar-refractivity contribution in [3.05, 3.63) is 93.5 Å². The highest BCUT2D eigenvalue weighted by Crippen LogP contribution is 2.42. The molecule has 1 atom stereocenters. The number of amides is 1. The Labute approximate surface area is 189 Å². The van der Waals surface area contributed by atoms with Gasteiger partial charge in [-0.3, -0.25) is 19.7 Å². The minimum atomic E-state index is -0.841. The summed E-state index contributed by atoms with van der Waals surface area (Å²) in [5.74, 6) is -1.99. The molecule has 8 heteroatoms. The molecule has 0 saturated carbocycles. The average molecular weight is 446 g/mol. The van der Waals surface area contributed by atoms with Gasteiger partial charge >= 0.3 is 0 Å². The monoisotopic (exact) mass is 446 g/mol. The number of aliphatic hydroxyl groups excluding tert-OH is 1. The molecule has 0 bridgehead atoms. The first-order valence-electron chi connectivity index (χ1n) is 10.4. The molecular weight excluding hydrogens is 424 g/mol. The Kier molecular flexibility index (Phi) is 6.19. The maximum Gasteiger partial charge on any atom is 0.295 e. The number of carbonyl (C=O) groups excluding carboxylic acids is 2. The zero-order valence-corrected chi connectivity index (χ0v) is 17.9. The van der Waals surface area contributed by atoms with Crippen LogP contribution < -0.4 is 0 Å². The molecule has 1 aliphatic heterocycles. The summed E-state index contributed by atoms with van der Waals surface area (Å²) in [6.07, 6.45) is 0.502. The van der Waals surface area contributed by atoms with Crippen LogP contribution in [0.15, 0.2) is 72.3 Å². The Morgan fingerprint density at radius 2 is 1.82 bits per heavy atom. The zero-order valence-electron chi connectivity index (χ0n) is 17.9. The molecule has 1 aliphatic rings. The summed E-state index contributed by atoms with van der Waals surface area (Å²) < 4.78 is 5.11. The molecular formula is C25H22N2O6. The van der Waals surface area contributed by atoms with E-state index in [2.05, 4.69) is 0 Å². The molecule has 3 aromatic rings. The van der Waals surface area contributed by atoms with Crippen LogP contribution in [0.4, 0.5) is 5.69 Å². The van der Waals surface area contributed by atoms with Gasteiger partial charge in [0.2, 0.25) is 0 Å². The fourth-order valence-electron chi connectivity index (χ4n) is 4.22. The fraction of sp³-hybridized carbons (Fsp3) is 0.200. The predicted octanol–water partition coefficient (Wildman–Crippen LogP) is 4.21. The number of nitro groups is 1. The van der Waals surface area contributed by atoms with Gasteiger partial charge in [0.1, 0.15) is 5.76 Å². The Morgan fingerprint density at radius 1 is 1.09 bits per heavy atom. The molecule has 8 nitrogen and oxygen atoms in total. The maximum absolute atomic E-state index is 13.1. The van der Waals surface area contributed by atoms with E-state index < -0.39 is 28.4 Å². The van der Waals surface area contributed by atoms with Crippen molar-refractivity contribution in [2.24, 2.45) is 0 Å². The summed E-state index contributed by atoms with van der Waals surface area (Å²) >= 11 is 0. The predicted molar refractivity (Wildman–Crippen MR) is 123 cm³/mol. The van der Waals surface area contributed by atoms with Crippen molar-refractivity contribution in [1.29, 1.82) is 0 Å². The number of nitro benzene ring substituents is 1. The Balaban J connectivity index is 1.93. The van der Waals surface area contributed by atoms with Crippen molar-refractivity contribution in [2.75, 3.05) is 20.3 Å². The third-order valence-electron chi connectivity index (χ3n) is 5.74. The quantitative estimate of drug-likeness (QED) is 0.145. The van der Waals surface area contributed by atoms with Gasteiger partial charge < -0.3 is 14.7 Å². The zero-order chi connectivity index (χ0) is 23.5. The van der Waals surface area contributed by atoms with E-state index in [0.717, 1.165) is 10.8 Å². The van der Waals surface area contributed by atoms with E-state index in [1.807, 2.05) is 42.5 Å². The van der Waals surface area contributed by atoms with Gasteiger partial charge in [-0.25, -0.2) is 0 Å². The van der Waals surface area contributed by atoms with Crippen molar-refractivity contribution in [3.63, 3.8) is 0 Å². The van der Waals surface area contributed by atoms with Gasteiger partial charge in [-0.05, 0) is 22.8 Å². The van der Waals surface area contributed by atoms with E-state index in [0.29, 0.717) is 18.6 Å². The van der Waals surface area contributed by atoms with Gasteiger partial charge in [-0.1, -0.05) is 54.6 Å². The van der Waals surface area contributed by atoms with Gasteiger partial charge in [0, 0.05) is 38.0 Å². The van der Waals surface area contributed by atoms with Crippen LogP contribution in [-0.2, 0) is 14.3 Å². The number of ketones is 1. The minimum Gasteiger partial charge on any atom is -0.507 e. The smallest absolute Gasteiger partial charge is 0.295 e. The largest absolute Gasteiger partial charge is 0.507 e. The Morgan fingerprint density at radius 3 is 2.58 bits per heavy atom. The number of likely N-dealkylation sites (tertiary alicyclic amines) is 1. The second-order valence-corrected chi connectivity index (χ2v) is 7.71. The lowest BCUT2D eigenvalue weighted by atomic mass is 9.91. The first-order valence-corrected chi connectivity index (χ1v) is 10.4. The molecule has 1 amide bonds. The third kappa shape index (κ3) is 4.08. The van der Waals surface area contributed by atoms with Crippen LogP contribution >= 0.6 is 0 Å². The van der Waals surface area contributed by atoms with Crippen molar-refractivity contribution < 1.29 is 24.4 Å². The molecule has 0 radical (unpaired) electrons. The minimum absolute atomic E-state index is 0.0886. The summed E-state index contributed by atoms with van der Waals surface area (Å²) in [5, 5.41) is 24.1. The number of rotatable bonds is 7. The van der Waals surface area contributed by atoms with E-state index in [9.17, 15) is 24.8 Å². The number of hydrogen-bond donors (Lipinski definition) is 1. The Hall–Kier alpha value is -4.04. The lowest BCUT2D eigenvalue weighted by molar-refractivity contribution is -0.384. The molecule has 0 aliphatic carbocycles. The molecule has 3 aromatic carbocycles. The number of Topliss-reactive ketones (excluding diaryl/α,β-unsaturated/α-hetero) is 1. The molecule has 168 valence electrons. The maximum atomic E-state index is 13.1. The van der Waals surface area contributed by atoms with Crippen molar-refractivity contribution in [3.8, 4) is 0 Å². The van der Waals surface area contributed by atoms with Crippen LogP contribution in [-0.4, -0.2) is 46.9 Å². The topological polar surface area (TPSA) is 110 Å². The van der Waals surface area contributed by atoms with Crippen LogP contribution in [0.3, 0.4) is 0 Å². The number of hydrogen-bond acceptors (Lipinski definition) is 6. The molecule has 1 N–H and O–H groups in total. The van der Waals surface area contributed by atoms with Gasteiger partial charge in [-0.15, -0.1) is 0 Å². The standard InChI is InChI=1S/C25H22N2O6/c1-33-14-6-13-26-22(20-12-5-8-16-7-2-3-11-19(16)20)21(24(29)25(26)30)23(28)17-9-4-10-18(15-17)27(31)32/h2-5,7-12,15,22,28H,6,13-14H2,1H3/b23-21-. The summed E-state index contributed by atoms with van der Waals surface area (Å²) in [4.78, 5) is 38.2. The summed E-state index contributed by atoms with van der Waals surface area (Å²) in [6, 6.07) is 17.7. The SMILES string of the molecule is COCCCN1C(=O)C(=O)/C(=C(\O)c2cccc([N+](=O)[O-])c2)C1c1cccc2ccccc12. The number of benzene rings is 3. The molecule has 1 fully saturated rings. The lowest BCUT2D eigenvalue weighted by Crippen LogP contribution is -2.31. The van der Waals surface area contributed by atoms with Crippen molar-refractivity contribution >= 4 is 33.9 Å². The van der Waals surface area contributed by atoms with Gasteiger partial charge in [-0.2, -0.15) is 0 Å². The molecule has 4 rings (SSSR count). The molecule has 1 saturated heterocycles. The van der Waals surface area contributed by atoms with E-state index in [1.54, 1.807) is 7.11 Å². The number of non-ortho nitro benzene ring substituents is 1. The van der Waals surface area contributed by atoms with Gasteiger partial charge in [0.15, 0.2) is 0 Å². The van der Waals surface area contributed by atoms with Crippen molar-refractivity contribution in [2.45, 2.75) is 12.5 Å². The highest BCUT2D eigenvalue weighted by Gasteiger charge is 2.46. The highest BCUT2D eigenvalue weighted by molar-refractivity contribution is 6.46. The summed E-state index contributed by atoms with van der Waals surface area (Å²) in [6.45, 7) is 0.647. The van der Waals surface area contributed by atoms with E-state index in [-0.39, 0.29) is 23.4 Å². The molecule has 1 unspecified atom stereocenters. The lowest BCUT2D eigenvalue weighted by Gasteiger charge is -2.26.